The Morgan fingerprint density at radius 2 is 2.10 bits per heavy atom. The fraction of sp³-hybridized carbons (Fsp3) is 0.300. The molecule has 148 valence electrons. The molecule has 1 amide bonds. The minimum atomic E-state index is -0.311. The lowest BCUT2D eigenvalue weighted by Gasteiger charge is -2.09. The molecule has 0 unspecified atom stereocenters. The van der Waals surface area contributed by atoms with Crippen molar-refractivity contribution < 1.29 is 4.79 Å². The number of fused-ring (bicyclic) bond motifs is 1. The van der Waals surface area contributed by atoms with Gasteiger partial charge in [0.2, 0.25) is 5.91 Å². The topological polar surface area (TPSA) is 104 Å². The number of aromatic amines is 1. The summed E-state index contributed by atoms with van der Waals surface area (Å²) in [5.74, 6) is -0.112. The Kier molecular flexibility index (Phi) is 5.83. The van der Waals surface area contributed by atoms with E-state index in [9.17, 15) is 14.9 Å². The normalized spacial score (nSPS) is 12.9. The molecule has 1 aliphatic carbocycles. The van der Waals surface area contributed by atoms with Gasteiger partial charge >= 0.3 is 5.69 Å². The molecule has 1 aromatic carbocycles. The molecule has 1 aliphatic rings. The average Bonchev–Trinajstić information content (AvgIpc) is 3.27. The molecule has 0 atom stereocenters. The van der Waals surface area contributed by atoms with Crippen molar-refractivity contribution in [2.75, 3.05) is 11.1 Å². The number of aryl methyl sites for hydroxylation is 1. The van der Waals surface area contributed by atoms with E-state index in [-0.39, 0.29) is 17.3 Å². The minimum Gasteiger partial charge on any atom is -0.316 e. The molecule has 7 nitrogen and oxygen atoms in total. The number of thioether (sulfide) groups is 1. The van der Waals surface area contributed by atoms with Crippen LogP contribution in [0.1, 0.15) is 34.4 Å². The van der Waals surface area contributed by atoms with Gasteiger partial charge in [0, 0.05) is 4.88 Å². The van der Waals surface area contributed by atoms with Crippen molar-refractivity contribution in [2.45, 2.75) is 37.4 Å². The number of benzene rings is 1. The van der Waals surface area contributed by atoms with Crippen LogP contribution >= 0.6 is 23.1 Å². The molecule has 0 bridgehead atoms. The predicted molar refractivity (Wildman–Crippen MR) is 113 cm³/mol. The number of carbonyl (C=O) groups is 1. The Labute approximate surface area is 175 Å². The summed E-state index contributed by atoms with van der Waals surface area (Å²) in [6.07, 6.45) is 4.08. The first-order valence-electron chi connectivity index (χ1n) is 9.32. The number of amides is 1. The second-order valence-electron chi connectivity index (χ2n) is 6.75. The summed E-state index contributed by atoms with van der Waals surface area (Å²) < 4.78 is 1.51. The molecule has 0 aliphatic heterocycles. The van der Waals surface area contributed by atoms with Crippen LogP contribution in [0.2, 0.25) is 0 Å². The van der Waals surface area contributed by atoms with E-state index in [0.29, 0.717) is 22.3 Å². The van der Waals surface area contributed by atoms with Gasteiger partial charge in [0.15, 0.2) is 5.16 Å². The van der Waals surface area contributed by atoms with Gasteiger partial charge in [-0.05, 0) is 36.8 Å². The first kappa shape index (κ1) is 19.5. The third-order valence-corrected chi connectivity index (χ3v) is 6.96. The number of thiophene rings is 1. The first-order chi connectivity index (χ1) is 14.2. The fourth-order valence-electron chi connectivity index (χ4n) is 3.38. The molecular formula is C20H19N5O2S2. The molecule has 0 radical (unpaired) electrons. The number of nitriles is 1. The lowest BCUT2D eigenvalue weighted by atomic mass is 9.96. The Morgan fingerprint density at radius 3 is 2.90 bits per heavy atom. The Balaban J connectivity index is 1.43. The van der Waals surface area contributed by atoms with Gasteiger partial charge in [0.05, 0.1) is 17.9 Å². The highest BCUT2D eigenvalue weighted by atomic mass is 32.2. The molecule has 0 fully saturated rings. The van der Waals surface area contributed by atoms with E-state index in [1.807, 2.05) is 30.3 Å². The van der Waals surface area contributed by atoms with Gasteiger partial charge in [-0.3, -0.25) is 9.36 Å². The molecule has 2 N–H and O–H groups in total. The zero-order chi connectivity index (χ0) is 20.2. The highest BCUT2D eigenvalue weighted by molar-refractivity contribution is 7.99. The highest BCUT2D eigenvalue weighted by Gasteiger charge is 2.22. The zero-order valence-electron chi connectivity index (χ0n) is 15.6. The smallest absolute Gasteiger partial charge is 0.316 e. The van der Waals surface area contributed by atoms with Crippen molar-refractivity contribution in [1.29, 1.82) is 5.26 Å². The monoisotopic (exact) mass is 425 g/mol. The number of anilines is 1. The number of hydrogen-bond donors (Lipinski definition) is 2. The Morgan fingerprint density at radius 1 is 1.31 bits per heavy atom. The summed E-state index contributed by atoms with van der Waals surface area (Å²) in [5, 5.41) is 20.0. The number of nitrogens with zero attached hydrogens (tertiary/aromatic N) is 3. The second kappa shape index (κ2) is 8.68. The molecule has 0 saturated carbocycles. The van der Waals surface area contributed by atoms with E-state index in [2.05, 4.69) is 21.6 Å². The number of carbonyl (C=O) groups excluding carboxylic acids is 1. The third kappa shape index (κ3) is 4.28. The van der Waals surface area contributed by atoms with E-state index < -0.39 is 0 Å². The van der Waals surface area contributed by atoms with Crippen LogP contribution in [0, 0.1) is 11.3 Å². The van der Waals surface area contributed by atoms with Crippen LogP contribution in [0.3, 0.4) is 0 Å². The SMILES string of the molecule is N#Cc1c(NC(=O)CSc2n[nH]c(=O)n2Cc2ccccc2)sc2c1CCCC2. The summed E-state index contributed by atoms with van der Waals surface area (Å²) in [5.41, 5.74) is 2.36. The quantitative estimate of drug-likeness (QED) is 0.591. The Hall–Kier alpha value is -2.83. The van der Waals surface area contributed by atoms with Crippen LogP contribution < -0.4 is 11.0 Å². The number of aromatic nitrogens is 3. The van der Waals surface area contributed by atoms with E-state index in [0.717, 1.165) is 36.8 Å². The summed E-state index contributed by atoms with van der Waals surface area (Å²) in [4.78, 5) is 25.8. The average molecular weight is 426 g/mol. The summed E-state index contributed by atoms with van der Waals surface area (Å²) in [6, 6.07) is 11.9. The Bertz CT molecular complexity index is 1120. The van der Waals surface area contributed by atoms with Crippen LogP contribution in [0.15, 0.2) is 40.3 Å². The van der Waals surface area contributed by atoms with Gasteiger partial charge in [-0.25, -0.2) is 9.89 Å². The molecular weight excluding hydrogens is 406 g/mol. The van der Waals surface area contributed by atoms with E-state index in [1.165, 1.54) is 32.5 Å². The van der Waals surface area contributed by atoms with E-state index >= 15 is 0 Å². The van der Waals surface area contributed by atoms with Gasteiger partial charge in [-0.2, -0.15) is 5.26 Å². The van der Waals surface area contributed by atoms with E-state index in [1.54, 1.807) is 0 Å². The summed E-state index contributed by atoms with van der Waals surface area (Å²) in [7, 11) is 0. The molecule has 3 aromatic rings. The molecule has 2 heterocycles. The number of H-pyrrole nitrogens is 1. The molecule has 4 rings (SSSR count). The molecule has 2 aromatic heterocycles. The number of rotatable bonds is 6. The lowest BCUT2D eigenvalue weighted by Crippen LogP contribution is -2.19. The van der Waals surface area contributed by atoms with Gasteiger partial charge in [-0.1, -0.05) is 42.1 Å². The third-order valence-electron chi connectivity index (χ3n) is 4.78. The van der Waals surface area contributed by atoms with Crippen LogP contribution in [-0.2, 0) is 24.2 Å². The minimum absolute atomic E-state index is 0.104. The van der Waals surface area contributed by atoms with Crippen molar-refractivity contribution >= 4 is 34.0 Å². The molecule has 0 saturated heterocycles. The molecule has 29 heavy (non-hydrogen) atoms. The van der Waals surface area contributed by atoms with Crippen molar-refractivity contribution in [1.82, 2.24) is 14.8 Å². The van der Waals surface area contributed by atoms with E-state index in [4.69, 9.17) is 0 Å². The number of nitrogens with one attached hydrogen (secondary N) is 2. The molecule has 0 spiro atoms. The largest absolute Gasteiger partial charge is 0.344 e. The maximum absolute atomic E-state index is 12.5. The molecule has 9 heteroatoms. The predicted octanol–water partition coefficient (Wildman–Crippen LogP) is 3.16. The summed E-state index contributed by atoms with van der Waals surface area (Å²) in [6.45, 7) is 0.385. The van der Waals surface area contributed by atoms with Crippen molar-refractivity contribution in [3.05, 3.63) is 62.4 Å². The zero-order valence-corrected chi connectivity index (χ0v) is 17.2. The van der Waals surface area contributed by atoms with Crippen molar-refractivity contribution in [3.8, 4) is 6.07 Å². The number of hydrogen-bond acceptors (Lipinski definition) is 6. The maximum Gasteiger partial charge on any atom is 0.344 e. The maximum atomic E-state index is 12.5. The summed E-state index contributed by atoms with van der Waals surface area (Å²) >= 11 is 2.70. The van der Waals surface area contributed by atoms with Crippen LogP contribution in [-0.4, -0.2) is 26.4 Å². The standard InChI is InChI=1S/C20H19N5O2S2/c21-10-15-14-8-4-5-9-16(14)29-18(15)22-17(26)12-28-20-24-23-19(27)25(20)11-13-6-2-1-3-7-13/h1-3,6-7H,4-5,8-9,11-12H2,(H,22,26)(H,23,27). The van der Waals surface area contributed by atoms with Gasteiger partial charge < -0.3 is 5.32 Å². The van der Waals surface area contributed by atoms with Crippen LogP contribution in [0.25, 0.3) is 0 Å². The van der Waals surface area contributed by atoms with Gasteiger partial charge in [-0.15, -0.1) is 16.4 Å². The fourth-order valence-corrected chi connectivity index (χ4v) is 5.39. The van der Waals surface area contributed by atoms with Crippen LogP contribution in [0.4, 0.5) is 5.00 Å². The van der Waals surface area contributed by atoms with Crippen LogP contribution in [0.5, 0.6) is 0 Å². The van der Waals surface area contributed by atoms with Crippen molar-refractivity contribution in [2.24, 2.45) is 0 Å². The second-order valence-corrected chi connectivity index (χ2v) is 8.79. The highest BCUT2D eigenvalue weighted by Crippen LogP contribution is 2.37. The lowest BCUT2D eigenvalue weighted by molar-refractivity contribution is -0.113. The van der Waals surface area contributed by atoms with Crippen molar-refractivity contribution in [3.63, 3.8) is 0 Å². The van der Waals surface area contributed by atoms with Gasteiger partial charge in [0.25, 0.3) is 0 Å². The first-order valence-corrected chi connectivity index (χ1v) is 11.1. The van der Waals surface area contributed by atoms with Gasteiger partial charge in [0.1, 0.15) is 11.1 Å².